The summed E-state index contributed by atoms with van der Waals surface area (Å²) in [7, 11) is 0. The van der Waals surface area contributed by atoms with Crippen molar-refractivity contribution in [2.24, 2.45) is 0 Å². The SMILES string of the molecule is CCCCCSc1nnc2c(n1)OC(c1ccc(C)o1)Nc1ccc(Br)cc1-2. The van der Waals surface area contributed by atoms with E-state index in [0.29, 0.717) is 22.5 Å². The number of aryl methyl sites for hydroxylation is 1. The standard InChI is InChI=1S/C20H21BrN4O2S/c1-3-4-5-10-28-20-23-19-17(24-25-20)14-11-13(21)7-8-15(14)22-18(27-19)16-9-6-12(2)26-16/h6-9,11,18,22H,3-5,10H2,1-2H3. The van der Waals surface area contributed by atoms with E-state index in [0.717, 1.165) is 33.7 Å². The highest BCUT2D eigenvalue weighted by Crippen LogP contribution is 2.41. The topological polar surface area (TPSA) is 73.1 Å². The van der Waals surface area contributed by atoms with Gasteiger partial charge in [0.2, 0.25) is 17.3 Å². The first-order valence-corrected chi connectivity index (χ1v) is 11.1. The summed E-state index contributed by atoms with van der Waals surface area (Å²) >= 11 is 5.14. The highest BCUT2D eigenvalue weighted by Gasteiger charge is 2.28. The fourth-order valence-corrected chi connectivity index (χ4v) is 4.11. The first kappa shape index (κ1) is 19.3. The molecule has 1 aliphatic heterocycles. The molecule has 1 aliphatic rings. The Hall–Kier alpha value is -2.06. The van der Waals surface area contributed by atoms with Gasteiger partial charge >= 0.3 is 0 Å². The number of anilines is 1. The van der Waals surface area contributed by atoms with Crippen LogP contribution in [0.2, 0.25) is 0 Å². The van der Waals surface area contributed by atoms with Gasteiger partial charge in [0.05, 0.1) is 0 Å². The van der Waals surface area contributed by atoms with Crippen LogP contribution in [0.4, 0.5) is 5.69 Å². The molecule has 8 heteroatoms. The molecule has 1 unspecified atom stereocenters. The van der Waals surface area contributed by atoms with Crippen LogP contribution in [0.3, 0.4) is 0 Å². The van der Waals surface area contributed by atoms with Crippen LogP contribution >= 0.6 is 27.7 Å². The van der Waals surface area contributed by atoms with Crippen LogP contribution in [0.25, 0.3) is 11.3 Å². The van der Waals surface area contributed by atoms with Crippen molar-refractivity contribution >= 4 is 33.4 Å². The van der Waals surface area contributed by atoms with Crippen molar-refractivity contribution < 1.29 is 9.15 Å². The molecule has 0 radical (unpaired) electrons. The number of furan rings is 1. The van der Waals surface area contributed by atoms with Gasteiger partial charge in [-0.15, -0.1) is 10.2 Å². The normalized spacial score (nSPS) is 15.2. The molecule has 2 aromatic heterocycles. The van der Waals surface area contributed by atoms with Crippen LogP contribution in [-0.4, -0.2) is 20.9 Å². The molecule has 4 rings (SSSR count). The number of nitrogens with zero attached hydrogens (tertiary/aromatic N) is 3. The Balaban J connectivity index is 1.70. The fraction of sp³-hybridized carbons (Fsp3) is 0.350. The van der Waals surface area contributed by atoms with Crippen LogP contribution in [-0.2, 0) is 0 Å². The number of hydrogen-bond acceptors (Lipinski definition) is 7. The van der Waals surface area contributed by atoms with E-state index in [2.05, 4.69) is 43.4 Å². The van der Waals surface area contributed by atoms with Gasteiger partial charge < -0.3 is 14.5 Å². The molecule has 0 spiro atoms. The number of thioether (sulfide) groups is 1. The lowest BCUT2D eigenvalue weighted by Gasteiger charge is -2.16. The van der Waals surface area contributed by atoms with Crippen molar-refractivity contribution in [3.63, 3.8) is 0 Å². The molecule has 6 nitrogen and oxygen atoms in total. The molecule has 146 valence electrons. The first-order chi connectivity index (χ1) is 13.6. The maximum atomic E-state index is 6.20. The lowest BCUT2D eigenvalue weighted by Crippen LogP contribution is -2.16. The van der Waals surface area contributed by atoms with Gasteiger partial charge in [-0.05, 0) is 43.7 Å². The maximum Gasteiger partial charge on any atom is 0.247 e. The Labute approximate surface area is 176 Å². The summed E-state index contributed by atoms with van der Waals surface area (Å²) in [6, 6.07) is 9.77. The van der Waals surface area contributed by atoms with Crippen molar-refractivity contribution in [1.82, 2.24) is 15.2 Å². The van der Waals surface area contributed by atoms with E-state index in [1.807, 2.05) is 37.3 Å². The number of halogens is 1. The third-order valence-electron chi connectivity index (χ3n) is 4.39. The number of rotatable bonds is 6. The number of ether oxygens (including phenoxy) is 1. The highest BCUT2D eigenvalue weighted by molar-refractivity contribution is 9.10. The van der Waals surface area contributed by atoms with Gasteiger partial charge in [0, 0.05) is 21.5 Å². The average molecular weight is 461 g/mol. The predicted octanol–water partition coefficient (Wildman–Crippen LogP) is 5.99. The fourth-order valence-electron chi connectivity index (χ4n) is 2.97. The zero-order valence-electron chi connectivity index (χ0n) is 15.7. The van der Waals surface area contributed by atoms with Crippen LogP contribution < -0.4 is 10.1 Å². The minimum atomic E-state index is -0.496. The van der Waals surface area contributed by atoms with E-state index in [4.69, 9.17) is 9.15 Å². The van der Waals surface area contributed by atoms with E-state index < -0.39 is 6.23 Å². The zero-order valence-corrected chi connectivity index (χ0v) is 18.1. The van der Waals surface area contributed by atoms with E-state index in [9.17, 15) is 0 Å². The average Bonchev–Trinajstić information content (AvgIpc) is 3.05. The van der Waals surface area contributed by atoms with Crippen LogP contribution in [0.15, 0.2) is 44.4 Å². The van der Waals surface area contributed by atoms with Gasteiger partial charge in [0.1, 0.15) is 5.76 Å². The highest BCUT2D eigenvalue weighted by atomic mass is 79.9. The summed E-state index contributed by atoms with van der Waals surface area (Å²) in [6.07, 6.45) is 3.03. The number of aromatic nitrogens is 3. The lowest BCUT2D eigenvalue weighted by atomic mass is 10.1. The summed E-state index contributed by atoms with van der Waals surface area (Å²) in [5.74, 6) is 2.94. The number of benzene rings is 1. The van der Waals surface area contributed by atoms with Crippen molar-refractivity contribution in [2.45, 2.75) is 44.5 Å². The first-order valence-electron chi connectivity index (χ1n) is 9.31. The molecular formula is C20H21BrN4O2S. The Morgan fingerprint density at radius 3 is 2.86 bits per heavy atom. The molecule has 0 saturated heterocycles. The van der Waals surface area contributed by atoms with Gasteiger partial charge in [0.25, 0.3) is 0 Å². The Bertz CT molecular complexity index is 979. The van der Waals surface area contributed by atoms with Crippen molar-refractivity contribution in [2.75, 3.05) is 11.1 Å². The summed E-state index contributed by atoms with van der Waals surface area (Å²) in [4.78, 5) is 4.65. The van der Waals surface area contributed by atoms with E-state index >= 15 is 0 Å². The molecule has 0 fully saturated rings. The van der Waals surface area contributed by atoms with Gasteiger partial charge in [-0.2, -0.15) is 4.98 Å². The monoisotopic (exact) mass is 460 g/mol. The number of nitrogens with one attached hydrogen (secondary N) is 1. The minimum Gasteiger partial charge on any atom is -0.460 e. The van der Waals surface area contributed by atoms with Crippen LogP contribution in [0, 0.1) is 6.92 Å². The molecule has 1 N–H and O–H groups in total. The molecule has 0 aliphatic carbocycles. The molecular weight excluding hydrogens is 440 g/mol. The lowest BCUT2D eigenvalue weighted by molar-refractivity contribution is 0.194. The predicted molar refractivity (Wildman–Crippen MR) is 114 cm³/mol. The second-order valence-electron chi connectivity index (χ2n) is 6.58. The maximum absolute atomic E-state index is 6.20. The number of unbranched alkanes of at least 4 members (excludes halogenated alkanes) is 2. The van der Waals surface area contributed by atoms with Gasteiger partial charge in [0.15, 0.2) is 11.5 Å². The largest absolute Gasteiger partial charge is 0.460 e. The molecule has 1 aromatic carbocycles. The Morgan fingerprint density at radius 2 is 2.07 bits per heavy atom. The second kappa shape index (κ2) is 8.53. The molecule has 0 saturated carbocycles. The van der Waals surface area contributed by atoms with Gasteiger partial charge in [-0.3, -0.25) is 0 Å². The molecule has 3 aromatic rings. The van der Waals surface area contributed by atoms with Gasteiger partial charge in [-0.25, -0.2) is 0 Å². The zero-order chi connectivity index (χ0) is 19.5. The minimum absolute atomic E-state index is 0.455. The quantitative estimate of drug-likeness (QED) is 0.357. The van der Waals surface area contributed by atoms with E-state index in [-0.39, 0.29) is 0 Å². The summed E-state index contributed by atoms with van der Waals surface area (Å²) in [5.41, 5.74) is 2.39. The molecule has 28 heavy (non-hydrogen) atoms. The van der Waals surface area contributed by atoms with E-state index in [1.165, 1.54) is 12.8 Å². The Kier molecular flexibility index (Phi) is 5.87. The van der Waals surface area contributed by atoms with Gasteiger partial charge in [-0.1, -0.05) is 47.5 Å². The second-order valence-corrected chi connectivity index (χ2v) is 8.56. The summed E-state index contributed by atoms with van der Waals surface area (Å²) in [6.45, 7) is 4.10. The number of hydrogen-bond donors (Lipinski definition) is 1. The molecule has 1 atom stereocenters. The smallest absolute Gasteiger partial charge is 0.247 e. The van der Waals surface area contributed by atoms with Crippen molar-refractivity contribution in [3.8, 4) is 17.1 Å². The summed E-state index contributed by atoms with van der Waals surface area (Å²) in [5, 5.41) is 12.8. The third kappa shape index (κ3) is 4.17. The molecule has 3 heterocycles. The number of fused-ring (bicyclic) bond motifs is 3. The van der Waals surface area contributed by atoms with Crippen LogP contribution in [0.5, 0.6) is 5.88 Å². The van der Waals surface area contributed by atoms with Crippen molar-refractivity contribution in [3.05, 3.63) is 46.3 Å². The van der Waals surface area contributed by atoms with Crippen LogP contribution in [0.1, 0.15) is 43.9 Å². The molecule has 0 bridgehead atoms. The summed E-state index contributed by atoms with van der Waals surface area (Å²) < 4.78 is 12.9. The Morgan fingerprint density at radius 1 is 1.18 bits per heavy atom. The molecule has 0 amide bonds. The van der Waals surface area contributed by atoms with Crippen molar-refractivity contribution in [1.29, 1.82) is 0 Å². The van der Waals surface area contributed by atoms with E-state index in [1.54, 1.807) is 11.8 Å². The third-order valence-corrected chi connectivity index (χ3v) is 5.80.